The third-order valence-corrected chi connectivity index (χ3v) is 3.28. The Balaban J connectivity index is 2.11. The van der Waals surface area contributed by atoms with Crippen LogP contribution in [0.2, 0.25) is 5.02 Å². The zero-order valence-electron chi connectivity index (χ0n) is 10.5. The molecule has 96 valence electrons. The summed E-state index contributed by atoms with van der Waals surface area (Å²) in [6.45, 7) is 0.790. The summed E-state index contributed by atoms with van der Waals surface area (Å²) < 4.78 is 1.76. The number of benzene rings is 2. The molecule has 0 bridgehead atoms. The van der Waals surface area contributed by atoms with Crippen molar-refractivity contribution < 1.29 is 0 Å². The third kappa shape index (κ3) is 2.20. The molecule has 0 saturated carbocycles. The van der Waals surface area contributed by atoms with E-state index in [4.69, 9.17) is 11.6 Å². The van der Waals surface area contributed by atoms with Gasteiger partial charge in [-0.1, -0.05) is 35.0 Å². The van der Waals surface area contributed by atoms with Crippen LogP contribution in [0.1, 0.15) is 5.56 Å². The van der Waals surface area contributed by atoms with E-state index in [9.17, 15) is 0 Å². The molecular weight excluding hydrogens is 260 g/mol. The number of fused-ring (bicyclic) bond motifs is 1. The van der Waals surface area contributed by atoms with Crippen molar-refractivity contribution in [2.75, 3.05) is 7.05 Å². The van der Waals surface area contributed by atoms with Gasteiger partial charge in [-0.05, 0) is 36.9 Å². The number of hydrogen-bond acceptors (Lipinski definition) is 3. The molecule has 2 aromatic carbocycles. The van der Waals surface area contributed by atoms with Crippen molar-refractivity contribution in [1.82, 2.24) is 20.3 Å². The normalized spacial score (nSPS) is 11.1. The van der Waals surface area contributed by atoms with Crippen molar-refractivity contribution in [3.63, 3.8) is 0 Å². The standard InChI is InChI=1S/C14H13ClN4/c1-16-9-10-6-7-13(11(15)8-10)19-14-5-3-2-4-12(14)17-18-19/h2-8,16H,9H2,1H3. The fourth-order valence-electron chi connectivity index (χ4n) is 2.08. The van der Waals surface area contributed by atoms with Crippen LogP contribution < -0.4 is 5.32 Å². The highest BCUT2D eigenvalue weighted by molar-refractivity contribution is 6.32. The van der Waals surface area contributed by atoms with Crippen molar-refractivity contribution in [3.05, 3.63) is 53.1 Å². The first-order valence-electron chi connectivity index (χ1n) is 6.03. The Hall–Kier alpha value is -1.91. The van der Waals surface area contributed by atoms with Crippen LogP contribution in [0.15, 0.2) is 42.5 Å². The highest BCUT2D eigenvalue weighted by Crippen LogP contribution is 2.24. The van der Waals surface area contributed by atoms with Crippen molar-refractivity contribution in [2.24, 2.45) is 0 Å². The molecule has 0 unspecified atom stereocenters. The molecule has 5 heteroatoms. The first-order chi connectivity index (χ1) is 9.29. The van der Waals surface area contributed by atoms with Gasteiger partial charge in [-0.25, -0.2) is 4.68 Å². The molecule has 1 aromatic heterocycles. The zero-order valence-corrected chi connectivity index (χ0v) is 11.2. The van der Waals surface area contributed by atoms with Gasteiger partial charge in [0.05, 0.1) is 16.2 Å². The molecule has 1 heterocycles. The van der Waals surface area contributed by atoms with Gasteiger partial charge in [0.15, 0.2) is 0 Å². The minimum Gasteiger partial charge on any atom is -0.316 e. The Morgan fingerprint density at radius 3 is 2.84 bits per heavy atom. The molecule has 0 amide bonds. The minimum atomic E-state index is 0.670. The highest BCUT2D eigenvalue weighted by Gasteiger charge is 2.09. The van der Waals surface area contributed by atoms with Gasteiger partial charge in [0.25, 0.3) is 0 Å². The van der Waals surface area contributed by atoms with Gasteiger partial charge in [0.2, 0.25) is 0 Å². The second kappa shape index (κ2) is 4.99. The predicted molar refractivity (Wildman–Crippen MR) is 76.6 cm³/mol. The van der Waals surface area contributed by atoms with E-state index in [2.05, 4.69) is 15.6 Å². The lowest BCUT2D eigenvalue weighted by molar-refractivity contribution is 0.808. The Kier molecular flexibility index (Phi) is 3.19. The number of nitrogens with zero attached hydrogens (tertiary/aromatic N) is 3. The van der Waals surface area contributed by atoms with E-state index in [1.807, 2.05) is 49.5 Å². The molecular formula is C14H13ClN4. The van der Waals surface area contributed by atoms with E-state index in [1.54, 1.807) is 4.68 Å². The molecule has 0 saturated heterocycles. The van der Waals surface area contributed by atoms with E-state index in [-0.39, 0.29) is 0 Å². The SMILES string of the molecule is CNCc1ccc(-n2nnc3ccccc32)c(Cl)c1. The quantitative estimate of drug-likeness (QED) is 0.797. The molecule has 0 fully saturated rings. The molecule has 0 radical (unpaired) electrons. The summed E-state index contributed by atoms with van der Waals surface area (Å²) in [7, 11) is 1.91. The fourth-order valence-corrected chi connectivity index (χ4v) is 2.37. The maximum Gasteiger partial charge on any atom is 0.113 e. The largest absolute Gasteiger partial charge is 0.316 e. The Morgan fingerprint density at radius 2 is 2.05 bits per heavy atom. The second-order valence-corrected chi connectivity index (χ2v) is 4.71. The van der Waals surface area contributed by atoms with Crippen LogP contribution in [0.4, 0.5) is 0 Å². The molecule has 0 aliphatic rings. The van der Waals surface area contributed by atoms with Crippen LogP contribution >= 0.6 is 11.6 Å². The zero-order chi connectivity index (χ0) is 13.2. The van der Waals surface area contributed by atoms with Gasteiger partial charge < -0.3 is 5.32 Å². The molecule has 0 aliphatic carbocycles. The van der Waals surface area contributed by atoms with Gasteiger partial charge >= 0.3 is 0 Å². The third-order valence-electron chi connectivity index (χ3n) is 2.97. The maximum absolute atomic E-state index is 6.34. The van der Waals surface area contributed by atoms with Gasteiger partial charge in [0, 0.05) is 6.54 Å². The van der Waals surface area contributed by atoms with Crippen LogP contribution in [0.3, 0.4) is 0 Å². The maximum atomic E-state index is 6.34. The highest BCUT2D eigenvalue weighted by atomic mass is 35.5. The van der Waals surface area contributed by atoms with Gasteiger partial charge in [-0.15, -0.1) is 5.10 Å². The summed E-state index contributed by atoms with van der Waals surface area (Å²) in [5.74, 6) is 0. The van der Waals surface area contributed by atoms with Gasteiger partial charge in [-0.2, -0.15) is 0 Å². The lowest BCUT2D eigenvalue weighted by Gasteiger charge is -2.07. The van der Waals surface area contributed by atoms with Crippen LogP contribution in [-0.4, -0.2) is 22.0 Å². The van der Waals surface area contributed by atoms with E-state index >= 15 is 0 Å². The van der Waals surface area contributed by atoms with E-state index in [0.717, 1.165) is 28.8 Å². The van der Waals surface area contributed by atoms with E-state index in [0.29, 0.717) is 5.02 Å². The summed E-state index contributed by atoms with van der Waals surface area (Å²) in [5.41, 5.74) is 3.79. The lowest BCUT2D eigenvalue weighted by Crippen LogP contribution is -2.05. The molecule has 3 aromatic rings. The summed E-state index contributed by atoms with van der Waals surface area (Å²) in [5, 5.41) is 12.1. The lowest BCUT2D eigenvalue weighted by atomic mass is 10.2. The topological polar surface area (TPSA) is 42.7 Å². The number of nitrogens with one attached hydrogen (secondary N) is 1. The van der Waals surface area contributed by atoms with Crippen LogP contribution in [0, 0.1) is 0 Å². The summed E-state index contributed by atoms with van der Waals surface area (Å²) in [6.07, 6.45) is 0. The molecule has 0 spiro atoms. The number of rotatable bonds is 3. The van der Waals surface area contributed by atoms with Crippen molar-refractivity contribution in [1.29, 1.82) is 0 Å². The summed E-state index contributed by atoms with van der Waals surface area (Å²) in [4.78, 5) is 0. The molecule has 0 atom stereocenters. The van der Waals surface area contributed by atoms with Gasteiger partial charge in [-0.3, -0.25) is 0 Å². The fraction of sp³-hybridized carbons (Fsp3) is 0.143. The predicted octanol–water partition coefficient (Wildman–Crippen LogP) is 2.79. The van der Waals surface area contributed by atoms with Crippen LogP contribution in [-0.2, 0) is 6.54 Å². The molecule has 1 N–H and O–H groups in total. The second-order valence-electron chi connectivity index (χ2n) is 4.31. The average molecular weight is 273 g/mol. The van der Waals surface area contributed by atoms with Gasteiger partial charge in [0.1, 0.15) is 5.52 Å². The van der Waals surface area contributed by atoms with Crippen molar-refractivity contribution >= 4 is 22.6 Å². The summed E-state index contributed by atoms with van der Waals surface area (Å²) >= 11 is 6.34. The minimum absolute atomic E-state index is 0.670. The van der Waals surface area contributed by atoms with Crippen LogP contribution in [0.5, 0.6) is 0 Å². The number of para-hydroxylation sites is 1. The molecule has 0 aliphatic heterocycles. The number of aromatic nitrogens is 3. The average Bonchev–Trinajstić information content (AvgIpc) is 2.83. The van der Waals surface area contributed by atoms with Crippen molar-refractivity contribution in [3.8, 4) is 5.69 Å². The van der Waals surface area contributed by atoms with Crippen LogP contribution in [0.25, 0.3) is 16.7 Å². The number of hydrogen-bond donors (Lipinski definition) is 1. The molecule has 19 heavy (non-hydrogen) atoms. The monoisotopic (exact) mass is 272 g/mol. The first kappa shape index (κ1) is 12.1. The van der Waals surface area contributed by atoms with E-state index in [1.165, 1.54) is 0 Å². The molecule has 3 rings (SSSR count). The Bertz CT molecular complexity index is 720. The van der Waals surface area contributed by atoms with E-state index < -0.39 is 0 Å². The number of halogens is 1. The molecule has 4 nitrogen and oxygen atoms in total. The summed E-state index contributed by atoms with van der Waals surface area (Å²) in [6, 6.07) is 13.8. The Labute approximate surface area is 116 Å². The first-order valence-corrected chi connectivity index (χ1v) is 6.41. The van der Waals surface area contributed by atoms with Crippen molar-refractivity contribution in [2.45, 2.75) is 6.54 Å². The Morgan fingerprint density at radius 1 is 1.21 bits per heavy atom. The smallest absolute Gasteiger partial charge is 0.113 e.